The summed E-state index contributed by atoms with van der Waals surface area (Å²) in [5, 5.41) is 0. The van der Waals surface area contributed by atoms with Gasteiger partial charge in [-0.05, 0) is 67.0 Å². The van der Waals surface area contributed by atoms with Gasteiger partial charge in [0.1, 0.15) is 0 Å². The topological polar surface area (TPSA) is 49.4 Å². The van der Waals surface area contributed by atoms with E-state index in [0.29, 0.717) is 11.0 Å². The average Bonchev–Trinajstić information content (AvgIpc) is 2.45. The molecule has 0 radical (unpaired) electrons. The van der Waals surface area contributed by atoms with Crippen molar-refractivity contribution < 1.29 is 8.42 Å². The third kappa shape index (κ3) is 4.76. The lowest BCUT2D eigenvalue weighted by molar-refractivity contribution is 0.175. The fraction of sp³-hybridized carbons (Fsp3) is 0.571. The van der Waals surface area contributed by atoms with E-state index in [9.17, 15) is 8.42 Å². The number of nitrogens with one attached hydrogen (secondary N) is 1. The summed E-state index contributed by atoms with van der Waals surface area (Å²) in [7, 11) is -3.49. The Morgan fingerprint density at radius 1 is 1.24 bits per heavy atom. The quantitative estimate of drug-likeness (QED) is 0.765. The standard InChI is InChI=1S/C14H20Br2N2O2S/c1-11(18-7-3-2-4-8-18)10-17-21(19,20)14-6-5-12(15)9-13(14)16/h5-6,9,11,17H,2-4,7-8,10H2,1H3. The maximum atomic E-state index is 12.4. The third-order valence-corrected chi connectivity index (χ3v) is 6.66. The Labute approximate surface area is 143 Å². The Morgan fingerprint density at radius 2 is 1.90 bits per heavy atom. The Morgan fingerprint density at radius 3 is 2.52 bits per heavy atom. The molecule has 0 saturated carbocycles. The van der Waals surface area contributed by atoms with Crippen molar-refractivity contribution >= 4 is 41.9 Å². The largest absolute Gasteiger partial charge is 0.299 e. The van der Waals surface area contributed by atoms with E-state index in [1.54, 1.807) is 18.2 Å². The molecular formula is C14H20Br2N2O2S. The number of hydrogen-bond acceptors (Lipinski definition) is 3. The average molecular weight is 440 g/mol. The zero-order chi connectivity index (χ0) is 15.5. The van der Waals surface area contributed by atoms with Crippen molar-refractivity contribution in [3.63, 3.8) is 0 Å². The number of rotatable bonds is 5. The van der Waals surface area contributed by atoms with Gasteiger partial charge in [-0.2, -0.15) is 0 Å². The molecule has 0 bridgehead atoms. The van der Waals surface area contributed by atoms with E-state index in [1.807, 2.05) is 0 Å². The highest BCUT2D eigenvalue weighted by Crippen LogP contribution is 2.25. The molecule has 1 heterocycles. The van der Waals surface area contributed by atoms with Crippen LogP contribution in [0, 0.1) is 0 Å². The van der Waals surface area contributed by atoms with E-state index in [-0.39, 0.29) is 10.9 Å². The molecule has 1 N–H and O–H groups in total. The van der Waals surface area contributed by atoms with E-state index in [4.69, 9.17) is 0 Å². The molecule has 1 aromatic rings. The summed E-state index contributed by atoms with van der Waals surface area (Å²) in [6.45, 7) is 4.63. The predicted octanol–water partition coefficient (Wildman–Crippen LogP) is 3.36. The minimum atomic E-state index is -3.49. The first kappa shape index (κ1) is 17.4. The van der Waals surface area contributed by atoms with E-state index in [1.165, 1.54) is 19.3 Å². The van der Waals surface area contributed by atoms with Crippen LogP contribution in [-0.4, -0.2) is 39.0 Å². The number of nitrogens with zero attached hydrogens (tertiary/aromatic N) is 1. The minimum Gasteiger partial charge on any atom is -0.299 e. The summed E-state index contributed by atoms with van der Waals surface area (Å²) in [6.07, 6.45) is 3.69. The van der Waals surface area contributed by atoms with Crippen LogP contribution >= 0.6 is 31.9 Å². The van der Waals surface area contributed by atoms with Crippen molar-refractivity contribution in [3.05, 3.63) is 27.1 Å². The van der Waals surface area contributed by atoms with Gasteiger partial charge in [0.25, 0.3) is 0 Å². The van der Waals surface area contributed by atoms with Crippen molar-refractivity contribution in [2.75, 3.05) is 19.6 Å². The summed E-state index contributed by atoms with van der Waals surface area (Å²) in [5.41, 5.74) is 0. The Balaban J connectivity index is 2.00. The predicted molar refractivity (Wildman–Crippen MR) is 91.9 cm³/mol. The molecule has 1 saturated heterocycles. The smallest absolute Gasteiger partial charge is 0.241 e. The van der Waals surface area contributed by atoms with Gasteiger partial charge in [0.05, 0.1) is 4.90 Å². The summed E-state index contributed by atoms with van der Waals surface area (Å²) in [6, 6.07) is 5.28. The summed E-state index contributed by atoms with van der Waals surface area (Å²) in [5.74, 6) is 0. The number of sulfonamides is 1. The molecule has 1 unspecified atom stereocenters. The zero-order valence-corrected chi connectivity index (χ0v) is 16.0. The van der Waals surface area contributed by atoms with Gasteiger partial charge in [-0.15, -0.1) is 0 Å². The van der Waals surface area contributed by atoms with Crippen LogP contribution in [-0.2, 0) is 10.0 Å². The van der Waals surface area contributed by atoms with Crippen LogP contribution in [0.4, 0.5) is 0 Å². The maximum absolute atomic E-state index is 12.4. The number of likely N-dealkylation sites (tertiary alicyclic amines) is 1. The van der Waals surface area contributed by atoms with Crippen LogP contribution in [0.1, 0.15) is 26.2 Å². The molecule has 1 atom stereocenters. The fourth-order valence-corrected chi connectivity index (χ4v) is 5.35. The molecule has 118 valence electrons. The van der Waals surface area contributed by atoms with Crippen molar-refractivity contribution in [3.8, 4) is 0 Å². The Kier molecular flexibility index (Phi) is 6.25. The molecule has 1 aliphatic rings. The van der Waals surface area contributed by atoms with Gasteiger partial charge >= 0.3 is 0 Å². The molecule has 1 fully saturated rings. The molecule has 2 rings (SSSR count). The Hall–Kier alpha value is 0.0500. The van der Waals surface area contributed by atoms with Gasteiger partial charge in [-0.25, -0.2) is 13.1 Å². The van der Waals surface area contributed by atoms with Crippen LogP contribution < -0.4 is 4.72 Å². The highest BCUT2D eigenvalue weighted by molar-refractivity contribution is 9.11. The maximum Gasteiger partial charge on any atom is 0.241 e. The van der Waals surface area contributed by atoms with Crippen LogP contribution in [0.5, 0.6) is 0 Å². The van der Waals surface area contributed by atoms with Crippen molar-refractivity contribution in [1.29, 1.82) is 0 Å². The molecule has 0 spiro atoms. The number of halogens is 2. The summed E-state index contributed by atoms with van der Waals surface area (Å²) < 4.78 is 28.9. The van der Waals surface area contributed by atoms with Gasteiger partial charge in [0, 0.05) is 21.5 Å². The van der Waals surface area contributed by atoms with Gasteiger partial charge in [-0.3, -0.25) is 4.90 Å². The third-order valence-electron chi connectivity index (χ3n) is 3.77. The van der Waals surface area contributed by atoms with E-state index >= 15 is 0 Å². The fourth-order valence-electron chi connectivity index (χ4n) is 2.49. The van der Waals surface area contributed by atoms with E-state index in [2.05, 4.69) is 48.4 Å². The molecule has 0 amide bonds. The first-order valence-corrected chi connectivity index (χ1v) is 10.2. The Bertz CT molecular complexity index is 587. The molecule has 1 aliphatic heterocycles. The van der Waals surface area contributed by atoms with Gasteiger partial charge in [0.15, 0.2) is 0 Å². The van der Waals surface area contributed by atoms with Gasteiger partial charge in [-0.1, -0.05) is 22.4 Å². The summed E-state index contributed by atoms with van der Waals surface area (Å²) in [4.78, 5) is 2.62. The lowest BCUT2D eigenvalue weighted by Gasteiger charge is -2.32. The highest BCUT2D eigenvalue weighted by atomic mass is 79.9. The monoisotopic (exact) mass is 438 g/mol. The molecule has 1 aromatic carbocycles. The van der Waals surface area contributed by atoms with Gasteiger partial charge in [0.2, 0.25) is 10.0 Å². The highest BCUT2D eigenvalue weighted by Gasteiger charge is 2.21. The zero-order valence-electron chi connectivity index (χ0n) is 12.0. The van der Waals surface area contributed by atoms with Crippen molar-refractivity contribution in [2.24, 2.45) is 0 Å². The molecule has 0 aliphatic carbocycles. The molecular weight excluding hydrogens is 420 g/mol. The second-order valence-electron chi connectivity index (χ2n) is 5.37. The molecule has 0 aromatic heterocycles. The summed E-state index contributed by atoms with van der Waals surface area (Å²) >= 11 is 6.63. The number of benzene rings is 1. The normalized spacial score (nSPS) is 18.6. The second kappa shape index (κ2) is 7.55. The lowest BCUT2D eigenvalue weighted by atomic mass is 10.1. The minimum absolute atomic E-state index is 0.217. The van der Waals surface area contributed by atoms with Crippen molar-refractivity contribution in [2.45, 2.75) is 37.1 Å². The number of hydrogen-bond donors (Lipinski definition) is 1. The van der Waals surface area contributed by atoms with Crippen LogP contribution in [0.25, 0.3) is 0 Å². The number of piperidine rings is 1. The SMILES string of the molecule is CC(CNS(=O)(=O)c1ccc(Br)cc1Br)N1CCCCC1. The van der Waals surface area contributed by atoms with E-state index < -0.39 is 10.0 Å². The second-order valence-corrected chi connectivity index (χ2v) is 8.88. The first-order valence-electron chi connectivity index (χ1n) is 7.09. The first-order chi connectivity index (χ1) is 9.90. The molecule has 21 heavy (non-hydrogen) atoms. The van der Waals surface area contributed by atoms with E-state index in [0.717, 1.165) is 17.6 Å². The van der Waals surface area contributed by atoms with Crippen LogP contribution in [0.15, 0.2) is 32.0 Å². The van der Waals surface area contributed by atoms with Gasteiger partial charge < -0.3 is 0 Å². The molecule has 4 nitrogen and oxygen atoms in total. The molecule has 7 heteroatoms. The van der Waals surface area contributed by atoms with Crippen LogP contribution in [0.3, 0.4) is 0 Å². The van der Waals surface area contributed by atoms with Crippen molar-refractivity contribution in [1.82, 2.24) is 9.62 Å². The lowest BCUT2D eigenvalue weighted by Crippen LogP contribution is -2.44. The van der Waals surface area contributed by atoms with Crippen LogP contribution in [0.2, 0.25) is 0 Å².